The zero-order valence-corrected chi connectivity index (χ0v) is 15.9. The van der Waals surface area contributed by atoms with E-state index >= 15 is 0 Å². The van der Waals surface area contributed by atoms with Gasteiger partial charge in [0.2, 0.25) is 11.8 Å². The lowest BCUT2D eigenvalue weighted by Gasteiger charge is -2.26. The first kappa shape index (κ1) is 19.8. The highest BCUT2D eigenvalue weighted by molar-refractivity contribution is 8.01. The van der Waals surface area contributed by atoms with Crippen molar-refractivity contribution in [3.05, 3.63) is 11.8 Å². The van der Waals surface area contributed by atoms with Gasteiger partial charge in [-0.05, 0) is 52.7 Å². The molecular formula is C17H28N4O3S. The number of nitrogens with zero attached hydrogens (tertiary/aromatic N) is 2. The Morgan fingerprint density at radius 1 is 1.36 bits per heavy atom. The fourth-order valence-electron chi connectivity index (χ4n) is 2.69. The van der Waals surface area contributed by atoms with Crippen molar-refractivity contribution in [3.63, 3.8) is 0 Å². The summed E-state index contributed by atoms with van der Waals surface area (Å²) in [5.41, 5.74) is 0. The van der Waals surface area contributed by atoms with Crippen molar-refractivity contribution in [2.75, 3.05) is 37.2 Å². The molecule has 0 radical (unpaired) electrons. The minimum absolute atomic E-state index is 0.0272. The number of hydrogen-bond acceptors (Lipinski definition) is 6. The number of nitrogens with one attached hydrogen (secondary N) is 2. The van der Waals surface area contributed by atoms with E-state index < -0.39 is 0 Å². The molecule has 1 aromatic heterocycles. The van der Waals surface area contributed by atoms with Crippen LogP contribution < -0.4 is 10.6 Å². The Kier molecular flexibility index (Phi) is 8.27. The molecular weight excluding hydrogens is 340 g/mol. The van der Waals surface area contributed by atoms with Crippen LogP contribution in [0.5, 0.6) is 0 Å². The van der Waals surface area contributed by atoms with Crippen LogP contribution in [0, 0.1) is 6.92 Å². The number of carbonyl (C=O) groups excluding carboxylic acids is 2. The van der Waals surface area contributed by atoms with Gasteiger partial charge < -0.3 is 20.1 Å². The van der Waals surface area contributed by atoms with Crippen LogP contribution in [0.25, 0.3) is 0 Å². The van der Waals surface area contributed by atoms with Gasteiger partial charge in [0.25, 0.3) is 0 Å². The van der Waals surface area contributed by atoms with E-state index in [2.05, 4.69) is 20.7 Å². The van der Waals surface area contributed by atoms with Crippen molar-refractivity contribution >= 4 is 29.4 Å². The van der Waals surface area contributed by atoms with Gasteiger partial charge >= 0.3 is 0 Å². The maximum atomic E-state index is 12.0. The van der Waals surface area contributed by atoms with Gasteiger partial charge in [0.05, 0.1) is 11.0 Å². The van der Waals surface area contributed by atoms with E-state index in [1.165, 1.54) is 44.1 Å². The van der Waals surface area contributed by atoms with E-state index in [1.807, 2.05) is 0 Å². The molecule has 1 aliphatic rings. The minimum Gasteiger partial charge on any atom is -0.360 e. The Labute approximate surface area is 153 Å². The Morgan fingerprint density at radius 2 is 2.12 bits per heavy atom. The van der Waals surface area contributed by atoms with Crippen molar-refractivity contribution in [3.8, 4) is 0 Å². The van der Waals surface area contributed by atoms with Crippen molar-refractivity contribution in [2.24, 2.45) is 0 Å². The summed E-state index contributed by atoms with van der Waals surface area (Å²) >= 11 is 1.31. The number of likely N-dealkylation sites (tertiary alicyclic amines) is 1. The van der Waals surface area contributed by atoms with Gasteiger partial charge in [-0.2, -0.15) is 0 Å². The summed E-state index contributed by atoms with van der Waals surface area (Å²) in [6.07, 6.45) is 4.89. The number of hydrogen-bond donors (Lipinski definition) is 2. The van der Waals surface area contributed by atoms with Crippen LogP contribution in [-0.2, 0) is 9.59 Å². The van der Waals surface area contributed by atoms with E-state index in [9.17, 15) is 9.59 Å². The molecule has 1 aromatic rings. The smallest absolute Gasteiger partial charge is 0.238 e. The average molecular weight is 369 g/mol. The highest BCUT2D eigenvalue weighted by Gasteiger charge is 2.16. The molecule has 2 amide bonds. The number of anilines is 1. The topological polar surface area (TPSA) is 87.5 Å². The second kappa shape index (κ2) is 10.5. The van der Waals surface area contributed by atoms with Crippen molar-refractivity contribution in [2.45, 2.75) is 44.8 Å². The molecule has 0 aromatic carbocycles. The molecule has 1 saturated heterocycles. The molecule has 0 saturated carbocycles. The summed E-state index contributed by atoms with van der Waals surface area (Å²) in [4.78, 5) is 26.4. The molecule has 1 unspecified atom stereocenters. The van der Waals surface area contributed by atoms with Crippen molar-refractivity contribution < 1.29 is 14.1 Å². The summed E-state index contributed by atoms with van der Waals surface area (Å²) in [5.74, 6) is 1.10. The van der Waals surface area contributed by atoms with Crippen molar-refractivity contribution in [1.29, 1.82) is 0 Å². The Bertz CT molecular complexity index is 558. The largest absolute Gasteiger partial charge is 0.360 e. The van der Waals surface area contributed by atoms with Gasteiger partial charge in [-0.25, -0.2) is 0 Å². The molecule has 8 heteroatoms. The van der Waals surface area contributed by atoms with Crippen molar-refractivity contribution in [1.82, 2.24) is 15.4 Å². The van der Waals surface area contributed by atoms with E-state index in [0.717, 1.165) is 13.0 Å². The molecule has 1 fully saturated rings. The zero-order valence-electron chi connectivity index (χ0n) is 15.0. The number of thioether (sulfide) groups is 1. The predicted molar refractivity (Wildman–Crippen MR) is 99.7 cm³/mol. The molecule has 0 bridgehead atoms. The lowest BCUT2D eigenvalue weighted by atomic mass is 10.1. The summed E-state index contributed by atoms with van der Waals surface area (Å²) in [6.45, 7) is 7.63. The summed E-state index contributed by atoms with van der Waals surface area (Å²) in [5, 5.41) is 8.98. The third-order valence-corrected chi connectivity index (χ3v) is 5.28. The van der Waals surface area contributed by atoms with Gasteiger partial charge in [-0.1, -0.05) is 11.6 Å². The highest BCUT2D eigenvalue weighted by Crippen LogP contribution is 2.14. The fourth-order valence-corrected chi connectivity index (χ4v) is 3.41. The molecule has 2 heterocycles. The van der Waals surface area contributed by atoms with Gasteiger partial charge in [0.1, 0.15) is 5.76 Å². The maximum absolute atomic E-state index is 12.0. The van der Waals surface area contributed by atoms with Gasteiger partial charge in [-0.15, -0.1) is 11.8 Å². The third-order valence-electron chi connectivity index (χ3n) is 4.13. The first-order valence-corrected chi connectivity index (χ1v) is 9.94. The summed E-state index contributed by atoms with van der Waals surface area (Å²) in [7, 11) is 0. The highest BCUT2D eigenvalue weighted by atomic mass is 32.2. The standard InChI is InChI=1S/C17H28N4O3S/c1-13-11-15(20-24-13)19-17(23)14(2)25-12-16(22)18-7-6-10-21-8-4-3-5-9-21/h11,14H,3-10,12H2,1-2H3,(H,18,22)(H,19,20,23). The molecule has 2 N–H and O–H groups in total. The molecule has 1 aliphatic heterocycles. The number of piperidine rings is 1. The second-order valence-corrected chi connectivity index (χ2v) is 7.70. The van der Waals surface area contributed by atoms with E-state index in [-0.39, 0.29) is 22.8 Å². The summed E-state index contributed by atoms with van der Waals surface area (Å²) < 4.78 is 4.90. The third kappa shape index (κ3) is 7.48. The quantitative estimate of drug-likeness (QED) is 0.649. The fraction of sp³-hybridized carbons (Fsp3) is 0.706. The normalized spacial score (nSPS) is 16.4. The molecule has 2 rings (SSSR count). The number of aromatic nitrogens is 1. The van der Waals surface area contributed by atoms with Crippen LogP contribution in [0.4, 0.5) is 5.82 Å². The van der Waals surface area contributed by atoms with E-state index in [1.54, 1.807) is 19.9 Å². The molecule has 0 aliphatic carbocycles. The SMILES string of the molecule is Cc1cc(NC(=O)C(C)SCC(=O)NCCCN2CCCCC2)no1. The average Bonchev–Trinajstić information content (AvgIpc) is 3.02. The van der Waals surface area contributed by atoms with E-state index in [0.29, 0.717) is 18.1 Å². The number of carbonyl (C=O) groups is 2. The molecule has 1 atom stereocenters. The first-order valence-electron chi connectivity index (χ1n) is 8.89. The second-order valence-electron chi connectivity index (χ2n) is 6.37. The van der Waals surface area contributed by atoms with Crippen LogP contribution in [0.3, 0.4) is 0 Å². The minimum atomic E-state index is -0.337. The number of rotatable bonds is 9. The van der Waals surface area contributed by atoms with Crippen LogP contribution in [0.1, 0.15) is 38.4 Å². The van der Waals surface area contributed by atoms with E-state index in [4.69, 9.17) is 4.52 Å². The van der Waals surface area contributed by atoms with Crippen LogP contribution in [-0.4, -0.2) is 59.1 Å². The number of amides is 2. The molecule has 0 spiro atoms. The Balaban J connectivity index is 1.54. The van der Waals surface area contributed by atoms with Crippen LogP contribution in [0.2, 0.25) is 0 Å². The zero-order chi connectivity index (χ0) is 18.1. The maximum Gasteiger partial charge on any atom is 0.238 e. The predicted octanol–water partition coefficient (Wildman–Crippen LogP) is 2.04. The monoisotopic (exact) mass is 368 g/mol. The summed E-state index contributed by atoms with van der Waals surface area (Å²) in [6, 6.07) is 1.66. The lowest BCUT2D eigenvalue weighted by molar-refractivity contribution is -0.118. The van der Waals surface area contributed by atoms with Gasteiger partial charge in [-0.3, -0.25) is 9.59 Å². The lowest BCUT2D eigenvalue weighted by Crippen LogP contribution is -2.34. The Hall–Kier alpha value is -1.54. The van der Waals surface area contributed by atoms with Crippen LogP contribution in [0.15, 0.2) is 10.6 Å². The number of aryl methyl sites for hydroxylation is 1. The molecule has 140 valence electrons. The van der Waals surface area contributed by atoms with Gasteiger partial charge in [0, 0.05) is 12.6 Å². The Morgan fingerprint density at radius 3 is 2.80 bits per heavy atom. The molecule has 7 nitrogen and oxygen atoms in total. The molecule has 25 heavy (non-hydrogen) atoms. The first-order chi connectivity index (χ1) is 12.0. The van der Waals surface area contributed by atoms with Crippen LogP contribution >= 0.6 is 11.8 Å². The van der Waals surface area contributed by atoms with Gasteiger partial charge in [0.15, 0.2) is 5.82 Å².